The van der Waals surface area contributed by atoms with Crippen LogP contribution in [-0.4, -0.2) is 47.9 Å². The Hall–Kier alpha value is -1.08. The van der Waals surface area contributed by atoms with Crippen LogP contribution in [0.1, 0.15) is 39.5 Å². The molecule has 0 saturated carbocycles. The van der Waals surface area contributed by atoms with Crippen LogP contribution in [0.3, 0.4) is 0 Å². The molecule has 1 atom stereocenters. The third-order valence-corrected chi connectivity index (χ3v) is 3.28. The van der Waals surface area contributed by atoms with Crippen LogP contribution in [0.2, 0.25) is 0 Å². The molecule has 4 heteroatoms. The molecule has 0 spiro atoms. The predicted molar refractivity (Wildman–Crippen MR) is 67.4 cm³/mol. The number of carbonyl (C=O) groups excluding carboxylic acids is 1. The molecule has 0 N–H and O–H groups in total. The fourth-order valence-corrected chi connectivity index (χ4v) is 2.26. The van der Waals surface area contributed by atoms with Crippen molar-refractivity contribution in [2.75, 3.05) is 26.2 Å². The summed E-state index contributed by atoms with van der Waals surface area (Å²) in [6.07, 6.45) is 3.53. The molecule has 96 valence electrons. The molecule has 0 radical (unpaired) electrons. The zero-order chi connectivity index (χ0) is 12.7. The number of hydrogen-bond donors (Lipinski definition) is 0. The van der Waals surface area contributed by atoms with E-state index in [0.717, 1.165) is 45.4 Å². The van der Waals surface area contributed by atoms with E-state index in [1.165, 1.54) is 0 Å². The predicted octanol–water partition coefficient (Wildman–Crippen LogP) is 1.62. The largest absolute Gasteiger partial charge is 0.340 e. The lowest BCUT2D eigenvalue weighted by Gasteiger charge is -2.36. The third kappa shape index (κ3) is 4.01. The molecule has 0 aromatic rings. The van der Waals surface area contributed by atoms with Crippen molar-refractivity contribution in [3.8, 4) is 6.07 Å². The van der Waals surface area contributed by atoms with Crippen molar-refractivity contribution in [1.29, 1.82) is 5.26 Å². The Morgan fingerprint density at radius 3 is 2.35 bits per heavy atom. The number of nitriles is 1. The van der Waals surface area contributed by atoms with E-state index >= 15 is 0 Å². The number of amides is 1. The summed E-state index contributed by atoms with van der Waals surface area (Å²) in [6.45, 7) is 7.37. The summed E-state index contributed by atoms with van der Waals surface area (Å²) in [5.74, 6) is 0.260. The highest BCUT2D eigenvalue weighted by Gasteiger charge is 2.24. The first kappa shape index (κ1) is 14.0. The number of nitrogens with zero attached hydrogens (tertiary/aromatic N) is 3. The normalized spacial score (nSPS) is 18.8. The highest BCUT2D eigenvalue weighted by molar-refractivity contribution is 5.76. The molecule has 1 saturated heterocycles. The van der Waals surface area contributed by atoms with E-state index in [9.17, 15) is 4.79 Å². The lowest BCUT2D eigenvalue weighted by atomic mass is 10.1. The van der Waals surface area contributed by atoms with E-state index in [-0.39, 0.29) is 11.9 Å². The van der Waals surface area contributed by atoms with Crippen LogP contribution in [0.25, 0.3) is 0 Å². The smallest absolute Gasteiger partial charge is 0.222 e. The Bertz CT molecular complexity index is 277. The maximum atomic E-state index is 11.7. The number of piperazine rings is 1. The Morgan fingerprint density at radius 2 is 1.88 bits per heavy atom. The van der Waals surface area contributed by atoms with Crippen LogP contribution in [0.4, 0.5) is 0 Å². The van der Waals surface area contributed by atoms with Gasteiger partial charge < -0.3 is 4.90 Å². The van der Waals surface area contributed by atoms with Gasteiger partial charge in [-0.1, -0.05) is 20.3 Å². The van der Waals surface area contributed by atoms with Gasteiger partial charge in [0.25, 0.3) is 0 Å². The van der Waals surface area contributed by atoms with Crippen LogP contribution < -0.4 is 0 Å². The van der Waals surface area contributed by atoms with Crippen LogP contribution in [0.15, 0.2) is 0 Å². The number of rotatable bonds is 5. The molecule has 0 aromatic heterocycles. The van der Waals surface area contributed by atoms with Gasteiger partial charge in [-0.2, -0.15) is 5.26 Å². The standard InChI is InChI=1S/C13H23N3O/c1-3-5-12(11-14)15-7-9-16(10-8-15)13(17)6-4-2/h12H,3-10H2,1-2H3. The molecule has 17 heavy (non-hydrogen) atoms. The van der Waals surface area contributed by atoms with Gasteiger partial charge in [0.2, 0.25) is 5.91 Å². The average molecular weight is 237 g/mol. The molecule has 0 bridgehead atoms. The Morgan fingerprint density at radius 1 is 1.24 bits per heavy atom. The summed E-state index contributed by atoms with van der Waals surface area (Å²) >= 11 is 0. The van der Waals surface area contributed by atoms with Gasteiger partial charge in [-0.3, -0.25) is 9.69 Å². The Kier molecular flexibility index (Phi) is 5.99. The first-order valence-corrected chi connectivity index (χ1v) is 6.64. The van der Waals surface area contributed by atoms with Crippen LogP contribution in [0, 0.1) is 11.3 Å². The van der Waals surface area contributed by atoms with Gasteiger partial charge in [-0.25, -0.2) is 0 Å². The van der Waals surface area contributed by atoms with Crippen molar-refractivity contribution in [2.24, 2.45) is 0 Å². The molecule has 1 amide bonds. The molecule has 1 aliphatic rings. The fourth-order valence-electron chi connectivity index (χ4n) is 2.26. The molecule has 1 aliphatic heterocycles. The van der Waals surface area contributed by atoms with Gasteiger partial charge in [0.1, 0.15) is 0 Å². The van der Waals surface area contributed by atoms with Crippen molar-refractivity contribution in [1.82, 2.24) is 9.80 Å². The highest BCUT2D eigenvalue weighted by Crippen LogP contribution is 2.11. The molecule has 0 aliphatic carbocycles. The number of carbonyl (C=O) groups is 1. The number of hydrogen-bond acceptors (Lipinski definition) is 3. The van der Waals surface area contributed by atoms with Crippen molar-refractivity contribution >= 4 is 5.91 Å². The SMILES string of the molecule is CCCC(=O)N1CCN(C(C#N)CCC)CC1. The average Bonchev–Trinajstić information content (AvgIpc) is 2.36. The molecule has 1 heterocycles. The quantitative estimate of drug-likeness (QED) is 0.730. The van der Waals surface area contributed by atoms with E-state index in [1.807, 2.05) is 11.8 Å². The van der Waals surface area contributed by atoms with Crippen molar-refractivity contribution in [3.63, 3.8) is 0 Å². The molecular formula is C13H23N3O. The van der Waals surface area contributed by atoms with Crippen molar-refractivity contribution < 1.29 is 4.79 Å². The molecular weight excluding hydrogens is 214 g/mol. The van der Waals surface area contributed by atoms with Gasteiger partial charge in [-0.15, -0.1) is 0 Å². The highest BCUT2D eigenvalue weighted by atomic mass is 16.2. The summed E-state index contributed by atoms with van der Waals surface area (Å²) < 4.78 is 0. The first-order chi connectivity index (χ1) is 8.22. The van der Waals surface area contributed by atoms with E-state index in [0.29, 0.717) is 6.42 Å². The summed E-state index contributed by atoms with van der Waals surface area (Å²) in [6, 6.07) is 2.40. The zero-order valence-corrected chi connectivity index (χ0v) is 11.0. The maximum absolute atomic E-state index is 11.7. The lowest BCUT2D eigenvalue weighted by molar-refractivity contribution is -0.133. The third-order valence-electron chi connectivity index (χ3n) is 3.28. The van der Waals surface area contributed by atoms with Crippen LogP contribution in [0.5, 0.6) is 0 Å². The van der Waals surface area contributed by atoms with E-state index in [1.54, 1.807) is 0 Å². The minimum absolute atomic E-state index is 0.0310. The first-order valence-electron chi connectivity index (χ1n) is 6.64. The molecule has 1 fully saturated rings. The Balaban J connectivity index is 2.39. The van der Waals surface area contributed by atoms with E-state index < -0.39 is 0 Å². The van der Waals surface area contributed by atoms with Crippen LogP contribution >= 0.6 is 0 Å². The van der Waals surface area contributed by atoms with Gasteiger partial charge in [0.15, 0.2) is 0 Å². The molecule has 1 unspecified atom stereocenters. The minimum atomic E-state index is 0.0310. The summed E-state index contributed by atoms with van der Waals surface area (Å²) in [5.41, 5.74) is 0. The second kappa shape index (κ2) is 7.29. The fraction of sp³-hybridized carbons (Fsp3) is 0.846. The summed E-state index contributed by atoms with van der Waals surface area (Å²) in [4.78, 5) is 15.9. The topological polar surface area (TPSA) is 47.3 Å². The van der Waals surface area contributed by atoms with Crippen molar-refractivity contribution in [3.05, 3.63) is 0 Å². The molecule has 4 nitrogen and oxygen atoms in total. The second-order valence-corrected chi connectivity index (χ2v) is 4.60. The maximum Gasteiger partial charge on any atom is 0.222 e. The van der Waals surface area contributed by atoms with E-state index in [4.69, 9.17) is 5.26 Å². The summed E-state index contributed by atoms with van der Waals surface area (Å²) in [7, 11) is 0. The molecule has 1 rings (SSSR count). The van der Waals surface area contributed by atoms with Gasteiger partial charge in [0, 0.05) is 32.6 Å². The van der Waals surface area contributed by atoms with Gasteiger partial charge in [-0.05, 0) is 12.8 Å². The summed E-state index contributed by atoms with van der Waals surface area (Å²) in [5, 5.41) is 9.10. The van der Waals surface area contributed by atoms with Crippen molar-refractivity contribution in [2.45, 2.75) is 45.6 Å². The Labute approximate surface area is 104 Å². The van der Waals surface area contributed by atoms with Crippen LogP contribution in [-0.2, 0) is 4.79 Å². The van der Waals surface area contributed by atoms with E-state index in [2.05, 4.69) is 17.9 Å². The minimum Gasteiger partial charge on any atom is -0.340 e. The van der Waals surface area contributed by atoms with Gasteiger partial charge >= 0.3 is 0 Å². The second-order valence-electron chi connectivity index (χ2n) is 4.60. The molecule has 0 aromatic carbocycles. The monoisotopic (exact) mass is 237 g/mol. The van der Waals surface area contributed by atoms with Gasteiger partial charge in [0.05, 0.1) is 12.1 Å². The zero-order valence-electron chi connectivity index (χ0n) is 11.0. The lowest BCUT2D eigenvalue weighted by Crippen LogP contribution is -2.51.